The second kappa shape index (κ2) is 7.20. The van der Waals surface area contributed by atoms with Crippen LogP contribution in [0.1, 0.15) is 79.1 Å². The van der Waals surface area contributed by atoms with E-state index in [-0.39, 0.29) is 11.6 Å². The lowest BCUT2D eigenvalue weighted by Gasteiger charge is -2.44. The van der Waals surface area contributed by atoms with Crippen LogP contribution >= 0.6 is 0 Å². The summed E-state index contributed by atoms with van der Waals surface area (Å²) < 4.78 is 5.41. The van der Waals surface area contributed by atoms with E-state index in [1.54, 1.807) is 0 Å². The molecule has 128 valence electrons. The molecule has 0 atom stereocenters. The Kier molecular flexibility index (Phi) is 5.76. The predicted molar refractivity (Wildman–Crippen MR) is 90.0 cm³/mol. The lowest BCUT2D eigenvalue weighted by atomic mass is 9.76. The normalized spacial score (nSPS) is 27.8. The van der Waals surface area contributed by atoms with Crippen LogP contribution in [0.4, 0.5) is 4.79 Å². The van der Waals surface area contributed by atoms with E-state index in [0.29, 0.717) is 6.04 Å². The number of ether oxygens (including phenoxy) is 1. The van der Waals surface area contributed by atoms with E-state index in [2.05, 4.69) is 17.6 Å². The van der Waals surface area contributed by atoms with Gasteiger partial charge in [-0.05, 0) is 71.6 Å². The lowest BCUT2D eigenvalue weighted by molar-refractivity contribution is 0.0376. The van der Waals surface area contributed by atoms with Crippen molar-refractivity contribution in [2.45, 2.75) is 96.2 Å². The molecule has 0 aromatic heterocycles. The van der Waals surface area contributed by atoms with Gasteiger partial charge in [0.25, 0.3) is 0 Å². The first-order chi connectivity index (χ1) is 10.3. The zero-order valence-corrected chi connectivity index (χ0v) is 14.8. The standard InChI is InChI=1S/C18H34N2O2/c1-5-14-7-9-15(10-8-14)19-13-18(11-6-12-18)20-16(21)22-17(2,3)4/h14-15,19H,5-13H2,1-4H3,(H,20,21). The number of alkyl carbamates (subject to hydrolysis) is 1. The summed E-state index contributed by atoms with van der Waals surface area (Å²) in [6.45, 7) is 8.90. The van der Waals surface area contributed by atoms with Crippen molar-refractivity contribution in [3.8, 4) is 0 Å². The summed E-state index contributed by atoms with van der Waals surface area (Å²) in [6, 6.07) is 0.626. The highest BCUT2D eigenvalue weighted by Gasteiger charge is 2.39. The minimum atomic E-state index is -0.430. The van der Waals surface area contributed by atoms with Gasteiger partial charge in [0, 0.05) is 12.6 Å². The summed E-state index contributed by atoms with van der Waals surface area (Å²) in [5, 5.41) is 6.83. The largest absolute Gasteiger partial charge is 0.444 e. The number of hydrogen-bond acceptors (Lipinski definition) is 3. The number of rotatable bonds is 5. The molecule has 4 heteroatoms. The van der Waals surface area contributed by atoms with Gasteiger partial charge in [0.15, 0.2) is 0 Å². The molecular weight excluding hydrogens is 276 g/mol. The maximum atomic E-state index is 12.0. The number of carbonyl (C=O) groups excluding carboxylic acids is 1. The fourth-order valence-corrected chi connectivity index (χ4v) is 3.58. The molecule has 2 N–H and O–H groups in total. The van der Waals surface area contributed by atoms with Gasteiger partial charge in [-0.1, -0.05) is 13.3 Å². The molecule has 0 aromatic rings. The van der Waals surface area contributed by atoms with Crippen molar-refractivity contribution >= 4 is 6.09 Å². The van der Waals surface area contributed by atoms with E-state index in [9.17, 15) is 4.79 Å². The number of nitrogens with one attached hydrogen (secondary N) is 2. The Labute approximate surface area is 135 Å². The Bertz CT molecular complexity index is 364. The van der Waals surface area contributed by atoms with Gasteiger partial charge in [-0.2, -0.15) is 0 Å². The molecule has 0 aromatic carbocycles. The Morgan fingerprint density at radius 1 is 1.18 bits per heavy atom. The highest BCUT2D eigenvalue weighted by atomic mass is 16.6. The molecule has 2 aliphatic carbocycles. The molecule has 0 unspecified atom stereocenters. The quantitative estimate of drug-likeness (QED) is 0.807. The topological polar surface area (TPSA) is 50.4 Å². The van der Waals surface area contributed by atoms with Crippen LogP contribution in [0, 0.1) is 5.92 Å². The minimum absolute atomic E-state index is 0.0794. The number of hydrogen-bond donors (Lipinski definition) is 2. The summed E-state index contributed by atoms with van der Waals surface area (Å²) in [4.78, 5) is 12.0. The van der Waals surface area contributed by atoms with E-state index in [1.165, 1.54) is 38.5 Å². The Morgan fingerprint density at radius 3 is 2.27 bits per heavy atom. The summed E-state index contributed by atoms with van der Waals surface area (Å²) >= 11 is 0. The molecule has 0 bridgehead atoms. The van der Waals surface area contributed by atoms with Crippen molar-refractivity contribution in [1.82, 2.24) is 10.6 Å². The van der Waals surface area contributed by atoms with Gasteiger partial charge in [-0.3, -0.25) is 0 Å². The van der Waals surface area contributed by atoms with Crippen LogP contribution in [-0.2, 0) is 4.74 Å². The molecule has 0 heterocycles. The van der Waals surface area contributed by atoms with Gasteiger partial charge >= 0.3 is 6.09 Å². The van der Waals surface area contributed by atoms with Gasteiger partial charge < -0.3 is 15.4 Å². The molecule has 0 saturated heterocycles. The summed E-state index contributed by atoms with van der Waals surface area (Å²) in [5.41, 5.74) is -0.509. The molecule has 0 radical (unpaired) electrons. The maximum Gasteiger partial charge on any atom is 0.408 e. The summed E-state index contributed by atoms with van der Waals surface area (Å²) in [5.74, 6) is 0.926. The molecule has 0 spiro atoms. The van der Waals surface area contributed by atoms with Crippen LogP contribution in [-0.4, -0.2) is 29.8 Å². The fraction of sp³-hybridized carbons (Fsp3) is 0.944. The molecular formula is C18H34N2O2. The third-order valence-corrected chi connectivity index (χ3v) is 5.23. The van der Waals surface area contributed by atoms with E-state index in [1.807, 2.05) is 20.8 Å². The molecule has 2 aliphatic rings. The van der Waals surface area contributed by atoms with Gasteiger partial charge in [-0.15, -0.1) is 0 Å². The molecule has 2 rings (SSSR count). The maximum absolute atomic E-state index is 12.0. The van der Waals surface area contributed by atoms with Crippen molar-refractivity contribution in [2.24, 2.45) is 5.92 Å². The highest BCUT2D eigenvalue weighted by Crippen LogP contribution is 2.33. The van der Waals surface area contributed by atoms with Crippen LogP contribution in [0.25, 0.3) is 0 Å². The molecule has 0 aliphatic heterocycles. The minimum Gasteiger partial charge on any atom is -0.444 e. The van der Waals surface area contributed by atoms with Crippen LogP contribution in [0.5, 0.6) is 0 Å². The van der Waals surface area contributed by atoms with Crippen LogP contribution < -0.4 is 10.6 Å². The third kappa shape index (κ3) is 5.15. The van der Waals surface area contributed by atoms with Gasteiger partial charge in [0.05, 0.1) is 5.54 Å². The van der Waals surface area contributed by atoms with E-state index in [0.717, 1.165) is 25.3 Å². The average molecular weight is 310 g/mol. The summed E-state index contributed by atoms with van der Waals surface area (Å²) in [7, 11) is 0. The molecule has 22 heavy (non-hydrogen) atoms. The first kappa shape index (κ1) is 17.6. The van der Waals surface area contributed by atoms with Gasteiger partial charge in [0.1, 0.15) is 5.60 Å². The second-order valence-electron chi connectivity index (χ2n) is 8.27. The SMILES string of the molecule is CCC1CCC(NCC2(NC(=O)OC(C)(C)C)CCC2)CC1. The first-order valence-electron chi connectivity index (χ1n) is 9.06. The molecule has 4 nitrogen and oxygen atoms in total. The zero-order chi connectivity index (χ0) is 16.2. The van der Waals surface area contributed by atoms with Crippen LogP contribution in [0.15, 0.2) is 0 Å². The molecule has 2 fully saturated rings. The lowest BCUT2D eigenvalue weighted by Crippen LogP contribution is -2.61. The van der Waals surface area contributed by atoms with E-state index >= 15 is 0 Å². The smallest absolute Gasteiger partial charge is 0.408 e. The highest BCUT2D eigenvalue weighted by molar-refractivity contribution is 5.69. The van der Waals surface area contributed by atoms with Crippen LogP contribution in [0.3, 0.4) is 0 Å². The molecule has 2 saturated carbocycles. The van der Waals surface area contributed by atoms with Gasteiger partial charge in [0.2, 0.25) is 0 Å². The second-order valence-corrected chi connectivity index (χ2v) is 8.27. The van der Waals surface area contributed by atoms with E-state index in [4.69, 9.17) is 4.74 Å². The Morgan fingerprint density at radius 2 is 1.82 bits per heavy atom. The fourth-order valence-electron chi connectivity index (χ4n) is 3.58. The third-order valence-electron chi connectivity index (χ3n) is 5.23. The Hall–Kier alpha value is -0.770. The van der Waals surface area contributed by atoms with Crippen LogP contribution in [0.2, 0.25) is 0 Å². The van der Waals surface area contributed by atoms with Crippen molar-refractivity contribution in [2.75, 3.05) is 6.54 Å². The zero-order valence-electron chi connectivity index (χ0n) is 14.8. The predicted octanol–water partition coefficient (Wildman–Crippen LogP) is 3.99. The van der Waals surface area contributed by atoms with Crippen molar-refractivity contribution in [1.29, 1.82) is 0 Å². The van der Waals surface area contributed by atoms with E-state index < -0.39 is 5.60 Å². The van der Waals surface area contributed by atoms with Gasteiger partial charge in [-0.25, -0.2) is 4.79 Å². The first-order valence-corrected chi connectivity index (χ1v) is 9.06. The average Bonchev–Trinajstić information content (AvgIpc) is 2.40. The van der Waals surface area contributed by atoms with Crippen molar-refractivity contribution in [3.63, 3.8) is 0 Å². The monoisotopic (exact) mass is 310 g/mol. The van der Waals surface area contributed by atoms with Crippen molar-refractivity contribution < 1.29 is 9.53 Å². The summed E-state index contributed by atoms with van der Waals surface area (Å²) in [6.07, 6.45) is 9.61. The number of carbonyl (C=O) groups is 1. The van der Waals surface area contributed by atoms with Crippen molar-refractivity contribution in [3.05, 3.63) is 0 Å². The Balaban J connectivity index is 1.76. The molecule has 1 amide bonds. The number of amides is 1.